The molecule has 0 aliphatic carbocycles. The first kappa shape index (κ1) is 15.0. The van der Waals surface area contributed by atoms with Crippen molar-refractivity contribution in [3.05, 3.63) is 35.4 Å². The monoisotopic (exact) mass is 264 g/mol. The van der Waals surface area contributed by atoms with E-state index in [9.17, 15) is 9.59 Å². The number of urea groups is 1. The van der Waals surface area contributed by atoms with Crippen LogP contribution in [-0.2, 0) is 11.3 Å². The van der Waals surface area contributed by atoms with Gasteiger partial charge in [0.25, 0.3) is 0 Å². The largest absolute Gasteiger partial charge is 0.480 e. The van der Waals surface area contributed by atoms with Crippen molar-refractivity contribution in [3.63, 3.8) is 0 Å². The highest BCUT2D eigenvalue weighted by Gasteiger charge is 2.30. The lowest BCUT2D eigenvalue weighted by Gasteiger charge is -2.25. The normalized spacial score (nSPS) is 10.9. The van der Waals surface area contributed by atoms with E-state index in [2.05, 4.69) is 5.32 Å². The summed E-state index contributed by atoms with van der Waals surface area (Å²) in [6.07, 6.45) is 0. The molecule has 0 heterocycles. The van der Waals surface area contributed by atoms with Crippen molar-refractivity contribution in [1.29, 1.82) is 0 Å². The fraction of sp³-hybridized carbons (Fsp3) is 0.429. The van der Waals surface area contributed by atoms with E-state index in [4.69, 9.17) is 5.11 Å². The Bertz CT molecular complexity index is 466. The van der Waals surface area contributed by atoms with E-state index < -0.39 is 17.5 Å². The van der Waals surface area contributed by atoms with Crippen LogP contribution in [0.15, 0.2) is 24.3 Å². The molecule has 19 heavy (non-hydrogen) atoms. The lowest BCUT2D eigenvalue weighted by molar-refractivity contribution is -0.143. The Labute approximate surface area is 113 Å². The molecule has 0 bridgehead atoms. The summed E-state index contributed by atoms with van der Waals surface area (Å²) in [6, 6.07) is 7.43. The lowest BCUT2D eigenvalue weighted by Crippen LogP contribution is -2.53. The number of carboxylic acids is 1. The van der Waals surface area contributed by atoms with Crippen molar-refractivity contribution in [1.82, 2.24) is 10.2 Å². The molecular formula is C14H20N2O3. The van der Waals surface area contributed by atoms with Gasteiger partial charge in [-0.05, 0) is 26.3 Å². The summed E-state index contributed by atoms with van der Waals surface area (Å²) in [6.45, 7) is 5.33. The summed E-state index contributed by atoms with van der Waals surface area (Å²) < 4.78 is 0. The molecule has 0 fully saturated rings. The molecule has 2 amide bonds. The zero-order valence-corrected chi connectivity index (χ0v) is 11.7. The van der Waals surface area contributed by atoms with E-state index in [1.807, 2.05) is 31.2 Å². The summed E-state index contributed by atoms with van der Waals surface area (Å²) in [7, 11) is 1.63. The standard InChI is InChI=1S/C14H20N2O3/c1-10-5-7-11(8-6-10)9-16(4)13(19)15-14(2,3)12(17)18/h5-8H,9H2,1-4H3,(H,15,19)(H,17,18). The minimum atomic E-state index is -1.28. The number of carboxylic acid groups (broad SMARTS) is 1. The Morgan fingerprint density at radius 3 is 2.26 bits per heavy atom. The number of nitrogens with zero attached hydrogens (tertiary/aromatic N) is 1. The van der Waals surface area contributed by atoms with Crippen LogP contribution in [0.4, 0.5) is 4.79 Å². The van der Waals surface area contributed by atoms with Gasteiger partial charge in [0.2, 0.25) is 0 Å². The summed E-state index contributed by atoms with van der Waals surface area (Å²) in [5.41, 5.74) is 0.873. The lowest BCUT2D eigenvalue weighted by atomic mass is 10.1. The molecule has 0 aliphatic rings. The van der Waals surface area contributed by atoms with Crippen LogP contribution in [0.3, 0.4) is 0 Å². The number of carbonyl (C=O) groups excluding carboxylic acids is 1. The van der Waals surface area contributed by atoms with Gasteiger partial charge in [0.1, 0.15) is 5.54 Å². The van der Waals surface area contributed by atoms with Crippen LogP contribution in [-0.4, -0.2) is 34.6 Å². The Morgan fingerprint density at radius 1 is 1.26 bits per heavy atom. The molecule has 0 atom stereocenters. The Balaban J connectivity index is 2.63. The molecule has 5 heteroatoms. The Kier molecular flexibility index (Phi) is 4.53. The zero-order chi connectivity index (χ0) is 14.6. The minimum absolute atomic E-state index is 0.409. The van der Waals surface area contributed by atoms with Gasteiger partial charge in [-0.25, -0.2) is 9.59 Å². The number of hydrogen-bond donors (Lipinski definition) is 2. The third-order valence-corrected chi connectivity index (χ3v) is 2.84. The van der Waals surface area contributed by atoms with Gasteiger partial charge in [-0.1, -0.05) is 29.8 Å². The number of amides is 2. The quantitative estimate of drug-likeness (QED) is 0.874. The summed E-state index contributed by atoms with van der Waals surface area (Å²) in [4.78, 5) is 24.3. The van der Waals surface area contributed by atoms with Gasteiger partial charge >= 0.3 is 12.0 Å². The minimum Gasteiger partial charge on any atom is -0.480 e. The van der Waals surface area contributed by atoms with Crippen LogP contribution < -0.4 is 5.32 Å². The van der Waals surface area contributed by atoms with Gasteiger partial charge < -0.3 is 15.3 Å². The van der Waals surface area contributed by atoms with Crippen LogP contribution in [0.5, 0.6) is 0 Å². The average Bonchev–Trinajstić information content (AvgIpc) is 2.31. The number of aliphatic carboxylic acids is 1. The maximum atomic E-state index is 11.9. The van der Waals surface area contributed by atoms with Gasteiger partial charge in [0, 0.05) is 13.6 Å². The Morgan fingerprint density at radius 2 is 1.79 bits per heavy atom. The molecule has 1 aromatic rings. The zero-order valence-electron chi connectivity index (χ0n) is 11.7. The second kappa shape index (κ2) is 5.73. The molecule has 5 nitrogen and oxygen atoms in total. The third-order valence-electron chi connectivity index (χ3n) is 2.84. The van der Waals surface area contributed by atoms with Gasteiger partial charge in [0.15, 0.2) is 0 Å². The highest BCUT2D eigenvalue weighted by molar-refractivity contribution is 5.85. The molecule has 1 aromatic carbocycles. The summed E-state index contributed by atoms with van der Waals surface area (Å²) >= 11 is 0. The van der Waals surface area contributed by atoms with Crippen LogP contribution in [0.2, 0.25) is 0 Å². The number of nitrogens with one attached hydrogen (secondary N) is 1. The van der Waals surface area contributed by atoms with Crippen molar-refractivity contribution >= 4 is 12.0 Å². The van der Waals surface area contributed by atoms with Gasteiger partial charge in [0.05, 0.1) is 0 Å². The molecule has 0 saturated heterocycles. The topological polar surface area (TPSA) is 69.6 Å². The third kappa shape index (κ3) is 4.28. The van der Waals surface area contributed by atoms with Crippen LogP contribution in [0.1, 0.15) is 25.0 Å². The van der Waals surface area contributed by atoms with Crippen molar-refractivity contribution in [2.75, 3.05) is 7.05 Å². The first-order valence-corrected chi connectivity index (χ1v) is 6.04. The fourth-order valence-corrected chi connectivity index (χ4v) is 1.46. The van der Waals surface area contributed by atoms with E-state index in [0.29, 0.717) is 6.54 Å². The highest BCUT2D eigenvalue weighted by atomic mass is 16.4. The number of aryl methyl sites for hydroxylation is 1. The van der Waals surface area contributed by atoms with Crippen LogP contribution in [0.25, 0.3) is 0 Å². The molecular weight excluding hydrogens is 244 g/mol. The Hall–Kier alpha value is -2.04. The van der Waals surface area contributed by atoms with E-state index in [-0.39, 0.29) is 0 Å². The highest BCUT2D eigenvalue weighted by Crippen LogP contribution is 2.08. The van der Waals surface area contributed by atoms with Crippen molar-refractivity contribution < 1.29 is 14.7 Å². The maximum Gasteiger partial charge on any atom is 0.328 e. The molecule has 0 aromatic heterocycles. The van der Waals surface area contributed by atoms with E-state index >= 15 is 0 Å². The van der Waals surface area contributed by atoms with Gasteiger partial charge in [-0.15, -0.1) is 0 Å². The first-order chi connectivity index (χ1) is 8.72. The van der Waals surface area contributed by atoms with E-state index in [0.717, 1.165) is 11.1 Å². The summed E-state index contributed by atoms with van der Waals surface area (Å²) in [5, 5.41) is 11.4. The molecule has 0 radical (unpaired) electrons. The molecule has 0 saturated carbocycles. The average molecular weight is 264 g/mol. The SMILES string of the molecule is Cc1ccc(CN(C)C(=O)NC(C)(C)C(=O)O)cc1. The predicted octanol–water partition coefficient (Wildman–Crippen LogP) is 2.00. The molecule has 0 unspecified atom stereocenters. The first-order valence-electron chi connectivity index (χ1n) is 6.04. The molecule has 1 rings (SSSR count). The van der Waals surface area contributed by atoms with Crippen molar-refractivity contribution in [3.8, 4) is 0 Å². The van der Waals surface area contributed by atoms with E-state index in [1.165, 1.54) is 18.7 Å². The molecule has 104 valence electrons. The van der Waals surface area contributed by atoms with Gasteiger partial charge in [-0.3, -0.25) is 0 Å². The van der Waals surface area contributed by atoms with Crippen molar-refractivity contribution in [2.45, 2.75) is 32.9 Å². The predicted molar refractivity (Wildman–Crippen MR) is 72.9 cm³/mol. The number of benzene rings is 1. The second-order valence-electron chi connectivity index (χ2n) is 5.20. The second-order valence-corrected chi connectivity index (χ2v) is 5.20. The molecule has 2 N–H and O–H groups in total. The van der Waals surface area contributed by atoms with E-state index in [1.54, 1.807) is 7.05 Å². The number of carbonyl (C=O) groups is 2. The molecule has 0 spiro atoms. The number of rotatable bonds is 4. The smallest absolute Gasteiger partial charge is 0.328 e. The van der Waals surface area contributed by atoms with Crippen molar-refractivity contribution in [2.24, 2.45) is 0 Å². The fourth-order valence-electron chi connectivity index (χ4n) is 1.46. The molecule has 0 aliphatic heterocycles. The maximum absolute atomic E-state index is 11.9. The summed E-state index contributed by atoms with van der Waals surface area (Å²) in [5.74, 6) is -1.07. The van der Waals surface area contributed by atoms with Crippen LogP contribution in [0, 0.1) is 6.92 Å². The van der Waals surface area contributed by atoms with Gasteiger partial charge in [-0.2, -0.15) is 0 Å². The van der Waals surface area contributed by atoms with Crippen LogP contribution >= 0.6 is 0 Å². The number of hydrogen-bond acceptors (Lipinski definition) is 2.